The fourth-order valence-electron chi connectivity index (χ4n) is 3.12. The predicted molar refractivity (Wildman–Crippen MR) is 74.2 cm³/mol. The van der Waals surface area contributed by atoms with Gasteiger partial charge < -0.3 is 5.11 Å². The smallest absolute Gasteiger partial charge is 0.0609 e. The molecule has 18 heavy (non-hydrogen) atoms. The fourth-order valence-corrected chi connectivity index (χ4v) is 3.12. The van der Waals surface area contributed by atoms with E-state index in [4.69, 9.17) is 0 Å². The Bertz CT molecular complexity index is 341. The van der Waals surface area contributed by atoms with Gasteiger partial charge in [-0.25, -0.2) is 0 Å². The average Bonchev–Trinajstić information content (AvgIpc) is 2.40. The monoisotopic (exact) mass is 247 g/mol. The molecule has 2 rings (SSSR count). The van der Waals surface area contributed by atoms with Gasteiger partial charge >= 0.3 is 0 Å². The molecule has 1 fully saturated rings. The minimum Gasteiger partial charge on any atom is -0.392 e. The lowest BCUT2D eigenvalue weighted by Gasteiger charge is -2.33. The first-order valence-electron chi connectivity index (χ1n) is 7.23. The van der Waals surface area contributed by atoms with Crippen molar-refractivity contribution in [1.29, 1.82) is 0 Å². The third kappa shape index (κ3) is 3.55. The SMILES string of the molecule is CC(C)C1CCC(C(O)Cc2cccnc2)CC1. The highest BCUT2D eigenvalue weighted by Gasteiger charge is 2.27. The number of nitrogens with zero attached hydrogens (tertiary/aromatic N) is 1. The van der Waals surface area contributed by atoms with E-state index in [1.165, 1.54) is 25.7 Å². The molecule has 1 unspecified atom stereocenters. The lowest BCUT2D eigenvalue weighted by atomic mass is 9.74. The third-order valence-electron chi connectivity index (χ3n) is 4.47. The molecule has 1 aliphatic carbocycles. The summed E-state index contributed by atoms with van der Waals surface area (Å²) in [6.07, 6.45) is 9.15. The second-order valence-corrected chi connectivity index (χ2v) is 6.05. The van der Waals surface area contributed by atoms with E-state index in [2.05, 4.69) is 24.9 Å². The third-order valence-corrected chi connectivity index (χ3v) is 4.47. The van der Waals surface area contributed by atoms with Crippen LogP contribution in [0, 0.1) is 17.8 Å². The van der Waals surface area contributed by atoms with Gasteiger partial charge in [0.25, 0.3) is 0 Å². The van der Waals surface area contributed by atoms with Gasteiger partial charge in [-0.05, 0) is 55.1 Å². The Labute approximate surface area is 110 Å². The Hall–Kier alpha value is -0.890. The number of rotatable bonds is 4. The molecule has 1 aromatic heterocycles. The highest BCUT2D eigenvalue weighted by atomic mass is 16.3. The van der Waals surface area contributed by atoms with Gasteiger partial charge in [-0.1, -0.05) is 19.9 Å². The second kappa shape index (κ2) is 6.33. The topological polar surface area (TPSA) is 33.1 Å². The Morgan fingerprint density at radius 3 is 2.44 bits per heavy atom. The van der Waals surface area contributed by atoms with Crippen molar-refractivity contribution < 1.29 is 5.11 Å². The Morgan fingerprint density at radius 2 is 1.89 bits per heavy atom. The maximum absolute atomic E-state index is 10.3. The van der Waals surface area contributed by atoms with Crippen LogP contribution < -0.4 is 0 Å². The molecule has 2 heteroatoms. The molecule has 1 aromatic rings. The molecule has 1 N–H and O–H groups in total. The summed E-state index contributed by atoms with van der Waals surface area (Å²) in [6.45, 7) is 4.63. The van der Waals surface area contributed by atoms with E-state index < -0.39 is 0 Å². The molecule has 0 radical (unpaired) electrons. The molecule has 0 bridgehead atoms. The molecule has 0 amide bonds. The maximum atomic E-state index is 10.3. The summed E-state index contributed by atoms with van der Waals surface area (Å²) in [5.74, 6) is 2.15. The van der Waals surface area contributed by atoms with E-state index in [1.807, 2.05) is 12.3 Å². The van der Waals surface area contributed by atoms with Crippen molar-refractivity contribution in [3.8, 4) is 0 Å². The Morgan fingerprint density at radius 1 is 1.22 bits per heavy atom. The second-order valence-electron chi connectivity index (χ2n) is 6.05. The van der Waals surface area contributed by atoms with Gasteiger partial charge in [0.2, 0.25) is 0 Å². The van der Waals surface area contributed by atoms with Crippen LogP contribution in [0.5, 0.6) is 0 Å². The highest BCUT2D eigenvalue weighted by Crippen LogP contribution is 2.35. The van der Waals surface area contributed by atoms with Crippen LogP contribution in [-0.2, 0) is 6.42 Å². The van der Waals surface area contributed by atoms with E-state index in [0.29, 0.717) is 5.92 Å². The van der Waals surface area contributed by atoms with Gasteiger partial charge in [0.15, 0.2) is 0 Å². The summed E-state index contributed by atoms with van der Waals surface area (Å²) < 4.78 is 0. The number of pyridine rings is 1. The van der Waals surface area contributed by atoms with Crippen LogP contribution in [0.1, 0.15) is 45.1 Å². The lowest BCUT2D eigenvalue weighted by Crippen LogP contribution is -2.28. The van der Waals surface area contributed by atoms with Gasteiger partial charge in [-0.15, -0.1) is 0 Å². The molecule has 0 aromatic carbocycles. The van der Waals surface area contributed by atoms with E-state index in [0.717, 1.165) is 23.8 Å². The number of hydrogen-bond acceptors (Lipinski definition) is 2. The molecule has 0 aliphatic heterocycles. The summed E-state index contributed by atoms with van der Waals surface area (Å²) in [4.78, 5) is 4.11. The number of aliphatic hydroxyl groups is 1. The summed E-state index contributed by atoms with van der Waals surface area (Å²) in [5.41, 5.74) is 1.15. The molecule has 0 spiro atoms. The molecule has 1 saturated carbocycles. The van der Waals surface area contributed by atoms with E-state index in [9.17, 15) is 5.11 Å². The fraction of sp³-hybridized carbons (Fsp3) is 0.688. The van der Waals surface area contributed by atoms with Crippen LogP contribution in [0.2, 0.25) is 0 Å². The van der Waals surface area contributed by atoms with Crippen molar-refractivity contribution in [1.82, 2.24) is 4.98 Å². The van der Waals surface area contributed by atoms with E-state index >= 15 is 0 Å². The first kappa shape index (κ1) is 13.5. The van der Waals surface area contributed by atoms with Crippen molar-refractivity contribution in [3.05, 3.63) is 30.1 Å². The van der Waals surface area contributed by atoms with Gasteiger partial charge in [-0.3, -0.25) is 4.98 Å². The quantitative estimate of drug-likeness (QED) is 0.884. The molecule has 0 saturated heterocycles. The molecule has 1 atom stereocenters. The zero-order valence-electron chi connectivity index (χ0n) is 11.5. The van der Waals surface area contributed by atoms with E-state index in [1.54, 1.807) is 6.20 Å². The maximum Gasteiger partial charge on any atom is 0.0609 e. The standard InChI is InChI=1S/C16H25NO/c1-12(2)14-5-7-15(8-6-14)16(18)10-13-4-3-9-17-11-13/h3-4,9,11-12,14-16,18H,5-8,10H2,1-2H3. The first-order chi connectivity index (χ1) is 8.66. The van der Waals surface area contributed by atoms with Crippen molar-refractivity contribution in [3.63, 3.8) is 0 Å². The summed E-state index contributed by atoms with van der Waals surface area (Å²) in [6, 6.07) is 3.99. The molecule has 100 valence electrons. The Balaban J connectivity index is 1.82. The number of hydrogen-bond donors (Lipinski definition) is 1. The van der Waals surface area contributed by atoms with Crippen LogP contribution >= 0.6 is 0 Å². The van der Waals surface area contributed by atoms with Crippen molar-refractivity contribution in [2.75, 3.05) is 0 Å². The zero-order chi connectivity index (χ0) is 13.0. The summed E-state index contributed by atoms with van der Waals surface area (Å²) in [5, 5.41) is 10.3. The van der Waals surface area contributed by atoms with Gasteiger partial charge in [0.05, 0.1) is 6.10 Å². The number of aliphatic hydroxyl groups excluding tert-OH is 1. The normalized spacial score (nSPS) is 26.2. The lowest BCUT2D eigenvalue weighted by molar-refractivity contribution is 0.0674. The van der Waals surface area contributed by atoms with Gasteiger partial charge in [-0.2, -0.15) is 0 Å². The van der Waals surface area contributed by atoms with Crippen molar-refractivity contribution in [2.45, 2.75) is 52.1 Å². The first-order valence-corrected chi connectivity index (χ1v) is 7.23. The molecule has 1 aliphatic rings. The summed E-state index contributed by atoms with van der Waals surface area (Å²) >= 11 is 0. The Kier molecular flexibility index (Phi) is 4.76. The van der Waals surface area contributed by atoms with Crippen LogP contribution in [0.4, 0.5) is 0 Å². The molecular weight excluding hydrogens is 222 g/mol. The van der Waals surface area contributed by atoms with E-state index in [-0.39, 0.29) is 6.10 Å². The van der Waals surface area contributed by atoms with Crippen LogP contribution in [-0.4, -0.2) is 16.2 Å². The minimum atomic E-state index is -0.192. The highest BCUT2D eigenvalue weighted by molar-refractivity contribution is 5.09. The molecular formula is C16H25NO. The number of aromatic nitrogens is 1. The molecule has 1 heterocycles. The van der Waals surface area contributed by atoms with Gasteiger partial charge in [0, 0.05) is 18.8 Å². The van der Waals surface area contributed by atoms with Crippen molar-refractivity contribution >= 4 is 0 Å². The largest absolute Gasteiger partial charge is 0.392 e. The average molecular weight is 247 g/mol. The van der Waals surface area contributed by atoms with Crippen molar-refractivity contribution in [2.24, 2.45) is 17.8 Å². The van der Waals surface area contributed by atoms with Crippen LogP contribution in [0.15, 0.2) is 24.5 Å². The zero-order valence-corrected chi connectivity index (χ0v) is 11.5. The van der Waals surface area contributed by atoms with Gasteiger partial charge in [0.1, 0.15) is 0 Å². The summed E-state index contributed by atoms with van der Waals surface area (Å²) in [7, 11) is 0. The van der Waals surface area contributed by atoms with Crippen LogP contribution in [0.3, 0.4) is 0 Å². The predicted octanol–water partition coefficient (Wildman–Crippen LogP) is 3.45. The minimum absolute atomic E-state index is 0.192. The van der Waals surface area contributed by atoms with Crippen LogP contribution in [0.25, 0.3) is 0 Å². The molecule has 2 nitrogen and oxygen atoms in total.